The summed E-state index contributed by atoms with van der Waals surface area (Å²) in [5.74, 6) is -0.269. The summed E-state index contributed by atoms with van der Waals surface area (Å²) in [7, 11) is 0. The number of carbonyl (C=O) groups excluding carboxylic acids is 1. The van der Waals surface area contributed by atoms with E-state index in [-0.39, 0.29) is 35.1 Å². The van der Waals surface area contributed by atoms with Crippen LogP contribution >= 0.6 is 0 Å². The van der Waals surface area contributed by atoms with Crippen molar-refractivity contribution in [3.05, 3.63) is 86.6 Å². The van der Waals surface area contributed by atoms with Gasteiger partial charge in [0.05, 0.1) is 28.9 Å². The lowest BCUT2D eigenvalue weighted by Gasteiger charge is -2.41. The number of aromatic nitrogens is 4. The Morgan fingerprint density at radius 3 is 2.60 bits per heavy atom. The van der Waals surface area contributed by atoms with E-state index in [9.17, 15) is 9.59 Å². The van der Waals surface area contributed by atoms with Crippen LogP contribution in [0.1, 0.15) is 93.8 Å². The summed E-state index contributed by atoms with van der Waals surface area (Å²) in [6, 6.07) is 3.72. The standard InChI is InChI=1S/C32H42N6O2/c1-10-11-12-19(2)22(5)38-28-26(18-34-38)24(29(39)33-17-25-20(3)13-21(4)35-30(25)40)14-27(36-28)23-15-31(6,7)37-32(8,9)16-23/h10-15,18,22,37H,16-17H2,1-9H3,(H,33,39)(H,35,40)/b11-10-,19-12+. The molecule has 1 aliphatic rings. The SMILES string of the molecule is C/C=C\C=C(/C)C(C)n1ncc2c(C(=O)NCc3c(C)cc(C)[nH]c3=O)cc(C3=CC(C)(C)NC(C)(C)C3)nc21. The monoisotopic (exact) mass is 542 g/mol. The van der Waals surface area contributed by atoms with Gasteiger partial charge >= 0.3 is 0 Å². The Kier molecular flexibility index (Phi) is 8.04. The van der Waals surface area contributed by atoms with Gasteiger partial charge in [-0.3, -0.25) is 9.59 Å². The Morgan fingerprint density at radius 2 is 1.95 bits per heavy atom. The van der Waals surface area contributed by atoms with Crippen LogP contribution in [-0.2, 0) is 6.54 Å². The highest BCUT2D eigenvalue weighted by Gasteiger charge is 2.33. The maximum absolute atomic E-state index is 13.7. The highest BCUT2D eigenvalue weighted by molar-refractivity contribution is 6.06. The molecule has 4 rings (SSSR count). The molecule has 0 bridgehead atoms. The van der Waals surface area contributed by atoms with Crippen molar-refractivity contribution < 1.29 is 4.79 Å². The van der Waals surface area contributed by atoms with Crippen molar-refractivity contribution in [2.75, 3.05) is 0 Å². The number of carbonyl (C=O) groups is 1. The zero-order valence-electron chi connectivity index (χ0n) is 25.2. The average Bonchev–Trinajstić information content (AvgIpc) is 3.27. The van der Waals surface area contributed by atoms with Gasteiger partial charge in [0.2, 0.25) is 0 Å². The molecule has 0 saturated carbocycles. The van der Waals surface area contributed by atoms with Crippen molar-refractivity contribution in [2.24, 2.45) is 0 Å². The highest BCUT2D eigenvalue weighted by Crippen LogP contribution is 2.35. The lowest BCUT2D eigenvalue weighted by molar-refractivity contribution is 0.0952. The summed E-state index contributed by atoms with van der Waals surface area (Å²) in [4.78, 5) is 34.2. The quantitative estimate of drug-likeness (QED) is 0.333. The van der Waals surface area contributed by atoms with E-state index in [4.69, 9.17) is 4.98 Å². The van der Waals surface area contributed by atoms with E-state index < -0.39 is 0 Å². The fourth-order valence-corrected chi connectivity index (χ4v) is 5.68. The smallest absolute Gasteiger partial charge is 0.253 e. The van der Waals surface area contributed by atoms with Gasteiger partial charge < -0.3 is 15.6 Å². The van der Waals surface area contributed by atoms with Crippen molar-refractivity contribution in [2.45, 2.75) is 92.4 Å². The maximum Gasteiger partial charge on any atom is 0.253 e. The summed E-state index contributed by atoms with van der Waals surface area (Å²) in [6.07, 6.45) is 10.7. The molecule has 0 aliphatic carbocycles. The zero-order valence-corrected chi connectivity index (χ0v) is 25.2. The molecule has 1 aliphatic heterocycles. The number of nitrogens with one attached hydrogen (secondary N) is 3. The Morgan fingerprint density at radius 1 is 1.23 bits per heavy atom. The number of nitrogens with zero attached hydrogens (tertiary/aromatic N) is 3. The summed E-state index contributed by atoms with van der Waals surface area (Å²) in [5.41, 5.74) is 5.72. The van der Waals surface area contributed by atoms with Crippen molar-refractivity contribution >= 4 is 22.5 Å². The van der Waals surface area contributed by atoms with Crippen LogP contribution in [0.2, 0.25) is 0 Å². The van der Waals surface area contributed by atoms with E-state index in [2.05, 4.69) is 74.4 Å². The maximum atomic E-state index is 13.7. The second-order valence-electron chi connectivity index (χ2n) is 12.2. The zero-order chi connectivity index (χ0) is 29.4. The number of hydrogen-bond acceptors (Lipinski definition) is 5. The predicted octanol–water partition coefficient (Wildman–Crippen LogP) is 5.68. The summed E-state index contributed by atoms with van der Waals surface area (Å²) in [6.45, 7) is 18.6. The van der Waals surface area contributed by atoms with Gasteiger partial charge in [0, 0.05) is 28.9 Å². The van der Waals surface area contributed by atoms with Gasteiger partial charge in [-0.1, -0.05) is 24.3 Å². The third kappa shape index (κ3) is 6.17. The second-order valence-corrected chi connectivity index (χ2v) is 12.2. The van der Waals surface area contributed by atoms with E-state index in [0.29, 0.717) is 22.2 Å². The fraction of sp³-hybridized carbons (Fsp3) is 0.438. The van der Waals surface area contributed by atoms with E-state index in [1.54, 1.807) is 6.20 Å². The Balaban J connectivity index is 1.83. The molecule has 0 saturated heterocycles. The number of amides is 1. The van der Waals surface area contributed by atoms with Crippen LogP contribution in [0, 0.1) is 13.8 Å². The van der Waals surface area contributed by atoms with Crippen LogP contribution in [0.5, 0.6) is 0 Å². The number of rotatable bonds is 7. The van der Waals surface area contributed by atoms with Gasteiger partial charge in [0.25, 0.3) is 11.5 Å². The van der Waals surface area contributed by atoms with Crippen LogP contribution < -0.4 is 16.2 Å². The number of aromatic amines is 1. The third-order valence-electron chi connectivity index (χ3n) is 7.47. The first-order valence-electron chi connectivity index (χ1n) is 13.9. The molecule has 8 heteroatoms. The van der Waals surface area contributed by atoms with E-state index in [1.807, 2.05) is 49.7 Å². The molecule has 8 nitrogen and oxygen atoms in total. The van der Waals surface area contributed by atoms with Crippen LogP contribution in [0.3, 0.4) is 0 Å². The first-order valence-corrected chi connectivity index (χ1v) is 13.9. The molecular weight excluding hydrogens is 500 g/mol. The minimum atomic E-state index is -0.269. The molecule has 0 spiro atoms. The average molecular weight is 543 g/mol. The first kappa shape index (κ1) is 29.2. The predicted molar refractivity (Wildman–Crippen MR) is 162 cm³/mol. The minimum absolute atomic E-state index is 0.0592. The molecule has 4 heterocycles. The Labute approximate surface area is 236 Å². The topological polar surface area (TPSA) is 105 Å². The Hall–Kier alpha value is -3.78. The van der Waals surface area contributed by atoms with Crippen LogP contribution in [0.15, 0.2) is 53.0 Å². The lowest BCUT2D eigenvalue weighted by atomic mass is 9.82. The normalized spacial score (nSPS) is 17.7. The second kappa shape index (κ2) is 11.0. The van der Waals surface area contributed by atoms with Gasteiger partial charge in [-0.2, -0.15) is 5.10 Å². The van der Waals surface area contributed by atoms with Crippen LogP contribution in [0.25, 0.3) is 16.6 Å². The molecule has 0 aromatic carbocycles. The van der Waals surface area contributed by atoms with Crippen molar-refractivity contribution in [3.8, 4) is 0 Å². The first-order chi connectivity index (χ1) is 18.7. The van der Waals surface area contributed by atoms with Crippen LogP contribution in [-0.4, -0.2) is 36.7 Å². The van der Waals surface area contributed by atoms with Crippen molar-refractivity contribution in [3.63, 3.8) is 0 Å². The fourth-order valence-electron chi connectivity index (χ4n) is 5.68. The molecule has 3 N–H and O–H groups in total. The number of pyridine rings is 2. The molecule has 0 radical (unpaired) electrons. The van der Waals surface area contributed by atoms with Gasteiger partial charge in [-0.15, -0.1) is 0 Å². The molecule has 1 atom stereocenters. The molecular formula is C32H42N6O2. The number of aryl methyl sites for hydroxylation is 2. The summed E-state index contributed by atoms with van der Waals surface area (Å²) >= 11 is 0. The number of hydrogen-bond donors (Lipinski definition) is 3. The number of fused-ring (bicyclic) bond motifs is 1. The molecule has 1 unspecified atom stereocenters. The van der Waals surface area contributed by atoms with Gasteiger partial charge in [-0.05, 0) is 97.6 Å². The minimum Gasteiger partial charge on any atom is -0.348 e. The van der Waals surface area contributed by atoms with Crippen molar-refractivity contribution in [1.82, 2.24) is 30.4 Å². The molecule has 1 amide bonds. The molecule has 3 aromatic rings. The lowest BCUT2D eigenvalue weighted by Crippen LogP contribution is -2.53. The molecule has 40 heavy (non-hydrogen) atoms. The largest absolute Gasteiger partial charge is 0.348 e. The van der Waals surface area contributed by atoms with Gasteiger partial charge in [0.1, 0.15) is 0 Å². The molecule has 3 aromatic heterocycles. The highest BCUT2D eigenvalue weighted by atomic mass is 16.1. The third-order valence-corrected chi connectivity index (χ3v) is 7.47. The van der Waals surface area contributed by atoms with E-state index >= 15 is 0 Å². The van der Waals surface area contributed by atoms with E-state index in [0.717, 1.165) is 34.5 Å². The summed E-state index contributed by atoms with van der Waals surface area (Å²) < 4.78 is 1.89. The van der Waals surface area contributed by atoms with E-state index in [1.165, 1.54) is 0 Å². The number of allylic oxidation sites excluding steroid dienone is 4. The molecule has 212 valence electrons. The van der Waals surface area contributed by atoms with Gasteiger partial charge in [-0.25, -0.2) is 9.67 Å². The van der Waals surface area contributed by atoms with Crippen LogP contribution in [0.4, 0.5) is 0 Å². The summed E-state index contributed by atoms with van der Waals surface area (Å²) in [5, 5.41) is 12.0. The number of H-pyrrole nitrogens is 1. The Bertz CT molecular complexity index is 1600. The molecule has 0 fully saturated rings. The van der Waals surface area contributed by atoms with Crippen molar-refractivity contribution in [1.29, 1.82) is 0 Å². The van der Waals surface area contributed by atoms with Gasteiger partial charge in [0.15, 0.2) is 5.65 Å².